The van der Waals surface area contributed by atoms with Crippen LogP contribution < -0.4 is 0 Å². The molecule has 2 aliphatic carbocycles. The maximum absolute atomic E-state index is 11.4. The average Bonchev–Trinajstić information content (AvgIpc) is 2.75. The van der Waals surface area contributed by atoms with E-state index in [0.29, 0.717) is 12.7 Å². The summed E-state index contributed by atoms with van der Waals surface area (Å²) in [6.07, 6.45) is 9.07. The second-order valence-corrected chi connectivity index (χ2v) is 9.36. The van der Waals surface area contributed by atoms with Crippen molar-refractivity contribution in [2.24, 2.45) is 11.3 Å². The molecule has 0 spiro atoms. The first kappa shape index (κ1) is 15.6. The van der Waals surface area contributed by atoms with Gasteiger partial charge in [0.2, 0.25) is 9.05 Å². The molecule has 3 nitrogen and oxygen atoms in total. The third-order valence-electron chi connectivity index (χ3n) is 4.73. The van der Waals surface area contributed by atoms with Crippen molar-refractivity contribution in [3.8, 4) is 0 Å². The van der Waals surface area contributed by atoms with Crippen molar-refractivity contribution >= 4 is 19.7 Å². The predicted molar refractivity (Wildman–Crippen MR) is 77.9 cm³/mol. The zero-order valence-corrected chi connectivity index (χ0v) is 13.3. The number of ether oxygens (including phenoxy) is 1. The van der Waals surface area contributed by atoms with Gasteiger partial charge in [-0.3, -0.25) is 0 Å². The van der Waals surface area contributed by atoms with Gasteiger partial charge in [-0.15, -0.1) is 0 Å². The van der Waals surface area contributed by atoms with Crippen molar-refractivity contribution in [3.63, 3.8) is 0 Å². The molecule has 0 heterocycles. The summed E-state index contributed by atoms with van der Waals surface area (Å²) in [5.41, 5.74) is -0.219. The van der Waals surface area contributed by atoms with Crippen molar-refractivity contribution in [1.29, 1.82) is 0 Å². The number of hydrogen-bond donors (Lipinski definition) is 0. The summed E-state index contributed by atoms with van der Waals surface area (Å²) in [7, 11) is 2.02. The van der Waals surface area contributed by atoms with Gasteiger partial charge in [0.15, 0.2) is 0 Å². The SMILES string of the molecule is CC1CCC(OCC2(CS(=O)(=O)Cl)CCCC2)CC1. The maximum atomic E-state index is 11.4. The van der Waals surface area contributed by atoms with Crippen LogP contribution in [0.3, 0.4) is 0 Å². The Labute approximate surface area is 121 Å². The number of rotatable bonds is 5. The Bertz CT molecular complexity index is 379. The Balaban J connectivity index is 1.87. The minimum atomic E-state index is -3.44. The molecule has 0 radical (unpaired) electrons. The van der Waals surface area contributed by atoms with Crippen LogP contribution in [-0.4, -0.2) is 26.9 Å². The zero-order chi connectivity index (χ0) is 13.9. The van der Waals surface area contributed by atoms with Crippen LogP contribution in [0.5, 0.6) is 0 Å². The summed E-state index contributed by atoms with van der Waals surface area (Å²) in [6, 6.07) is 0. The van der Waals surface area contributed by atoms with E-state index >= 15 is 0 Å². The fourth-order valence-electron chi connectivity index (χ4n) is 3.51. The van der Waals surface area contributed by atoms with Crippen LogP contribution >= 0.6 is 10.7 Å². The zero-order valence-electron chi connectivity index (χ0n) is 11.7. The van der Waals surface area contributed by atoms with Gasteiger partial charge in [0.05, 0.1) is 18.5 Å². The lowest BCUT2D eigenvalue weighted by Gasteiger charge is -2.32. The lowest BCUT2D eigenvalue weighted by atomic mass is 9.87. The van der Waals surface area contributed by atoms with E-state index in [4.69, 9.17) is 15.4 Å². The minimum Gasteiger partial charge on any atom is -0.378 e. The van der Waals surface area contributed by atoms with Crippen molar-refractivity contribution < 1.29 is 13.2 Å². The third-order valence-corrected chi connectivity index (χ3v) is 6.02. The topological polar surface area (TPSA) is 43.4 Å². The summed E-state index contributed by atoms with van der Waals surface area (Å²) in [4.78, 5) is 0. The molecule has 0 saturated heterocycles. The highest BCUT2D eigenvalue weighted by Crippen LogP contribution is 2.41. The Hall–Kier alpha value is 0.200. The predicted octanol–water partition coefficient (Wildman–Crippen LogP) is 3.71. The van der Waals surface area contributed by atoms with E-state index in [9.17, 15) is 8.42 Å². The molecule has 2 aliphatic rings. The van der Waals surface area contributed by atoms with Gasteiger partial charge in [0, 0.05) is 16.1 Å². The minimum absolute atomic E-state index is 0.0741. The van der Waals surface area contributed by atoms with E-state index < -0.39 is 9.05 Å². The van der Waals surface area contributed by atoms with Crippen LogP contribution in [0.25, 0.3) is 0 Å². The van der Waals surface area contributed by atoms with E-state index in [-0.39, 0.29) is 11.2 Å². The summed E-state index contributed by atoms with van der Waals surface area (Å²) in [6.45, 7) is 2.85. The molecule has 0 aliphatic heterocycles. The normalized spacial score (nSPS) is 31.5. The standard InChI is InChI=1S/C14H25ClO3S/c1-12-4-6-13(7-5-12)18-10-14(8-2-3-9-14)11-19(15,16)17/h12-13H,2-11H2,1H3. The Morgan fingerprint density at radius 1 is 1.16 bits per heavy atom. The van der Waals surface area contributed by atoms with E-state index in [1.165, 1.54) is 12.8 Å². The molecule has 5 heteroatoms. The largest absolute Gasteiger partial charge is 0.378 e. The van der Waals surface area contributed by atoms with E-state index in [0.717, 1.165) is 44.4 Å². The van der Waals surface area contributed by atoms with Gasteiger partial charge in [-0.05, 0) is 44.4 Å². The van der Waals surface area contributed by atoms with Gasteiger partial charge in [-0.1, -0.05) is 19.8 Å². The van der Waals surface area contributed by atoms with Gasteiger partial charge >= 0.3 is 0 Å². The maximum Gasteiger partial charge on any atom is 0.233 e. The molecule has 2 fully saturated rings. The van der Waals surface area contributed by atoms with Gasteiger partial charge < -0.3 is 4.74 Å². The molecule has 19 heavy (non-hydrogen) atoms. The highest BCUT2D eigenvalue weighted by Gasteiger charge is 2.38. The molecule has 0 atom stereocenters. The molecule has 0 unspecified atom stereocenters. The van der Waals surface area contributed by atoms with Crippen LogP contribution in [0.4, 0.5) is 0 Å². The van der Waals surface area contributed by atoms with Gasteiger partial charge in [0.1, 0.15) is 0 Å². The van der Waals surface area contributed by atoms with Crippen LogP contribution in [0.1, 0.15) is 58.3 Å². The molecular formula is C14H25ClO3S. The van der Waals surface area contributed by atoms with Gasteiger partial charge in [0.25, 0.3) is 0 Å². The lowest BCUT2D eigenvalue weighted by Crippen LogP contribution is -2.33. The quantitative estimate of drug-likeness (QED) is 0.727. The highest BCUT2D eigenvalue weighted by molar-refractivity contribution is 8.13. The fraction of sp³-hybridized carbons (Fsp3) is 1.00. The van der Waals surface area contributed by atoms with Crippen LogP contribution in [0.15, 0.2) is 0 Å². The highest BCUT2D eigenvalue weighted by atomic mass is 35.7. The number of halogens is 1. The van der Waals surface area contributed by atoms with E-state index in [1.54, 1.807) is 0 Å². The Kier molecular flexibility index (Phi) is 5.18. The second-order valence-electron chi connectivity index (χ2n) is 6.58. The first-order chi connectivity index (χ1) is 8.89. The Morgan fingerprint density at radius 2 is 1.74 bits per heavy atom. The summed E-state index contributed by atoms with van der Waals surface area (Å²) in [5, 5.41) is 0. The molecule has 112 valence electrons. The molecule has 0 bridgehead atoms. The molecule has 2 rings (SSSR count). The molecule has 0 amide bonds. The summed E-state index contributed by atoms with van der Waals surface area (Å²) < 4.78 is 28.8. The number of hydrogen-bond acceptors (Lipinski definition) is 3. The van der Waals surface area contributed by atoms with Crippen LogP contribution in [0, 0.1) is 11.3 Å². The fourth-order valence-corrected chi connectivity index (χ4v) is 5.31. The van der Waals surface area contributed by atoms with Crippen molar-refractivity contribution in [3.05, 3.63) is 0 Å². The average molecular weight is 309 g/mol. The van der Waals surface area contributed by atoms with Crippen molar-refractivity contribution in [2.75, 3.05) is 12.4 Å². The van der Waals surface area contributed by atoms with Crippen molar-refractivity contribution in [1.82, 2.24) is 0 Å². The smallest absolute Gasteiger partial charge is 0.233 e. The van der Waals surface area contributed by atoms with E-state index in [1.807, 2.05) is 0 Å². The molecule has 2 saturated carbocycles. The first-order valence-corrected chi connectivity index (χ1v) is 9.90. The van der Waals surface area contributed by atoms with Gasteiger partial charge in [-0.2, -0.15) is 0 Å². The molecule has 0 aromatic rings. The molecule has 0 N–H and O–H groups in total. The Morgan fingerprint density at radius 3 is 2.26 bits per heavy atom. The third kappa shape index (κ3) is 4.91. The van der Waals surface area contributed by atoms with Gasteiger partial charge in [-0.25, -0.2) is 8.42 Å². The second kappa shape index (κ2) is 6.31. The van der Waals surface area contributed by atoms with Crippen molar-refractivity contribution in [2.45, 2.75) is 64.4 Å². The monoisotopic (exact) mass is 308 g/mol. The lowest BCUT2D eigenvalue weighted by molar-refractivity contribution is -0.0227. The van der Waals surface area contributed by atoms with Crippen LogP contribution in [-0.2, 0) is 13.8 Å². The van der Waals surface area contributed by atoms with Crippen LogP contribution in [0.2, 0.25) is 0 Å². The van der Waals surface area contributed by atoms with E-state index in [2.05, 4.69) is 6.92 Å². The first-order valence-electron chi connectivity index (χ1n) is 7.43. The molecular weight excluding hydrogens is 284 g/mol. The summed E-state index contributed by atoms with van der Waals surface area (Å²) in [5.74, 6) is 0.883. The molecule has 0 aromatic carbocycles. The molecule has 0 aromatic heterocycles. The summed E-state index contributed by atoms with van der Waals surface area (Å²) >= 11 is 0.